The molecule has 7 heteroatoms. The maximum absolute atomic E-state index is 11.6. The second-order valence-corrected chi connectivity index (χ2v) is 4.12. The summed E-state index contributed by atoms with van der Waals surface area (Å²) >= 11 is 0. The third kappa shape index (κ3) is 5.30. The van der Waals surface area contributed by atoms with Crippen molar-refractivity contribution < 1.29 is 14.4 Å². The fraction of sp³-hybridized carbons (Fsp3) is 0.700. The van der Waals surface area contributed by atoms with Gasteiger partial charge in [0.05, 0.1) is 12.5 Å². The zero-order valence-electron chi connectivity index (χ0n) is 10.3. The standard InChI is InChI=1S/C10H20N4O3/c1-5(2)8(10(17)13-3)14-9(16)6(11)4-7(12)15/h5-6,8H,4,11H2,1-3H3,(H2,12,15)(H,13,17)(H,14,16). The van der Waals surface area contributed by atoms with Gasteiger partial charge in [-0.1, -0.05) is 13.8 Å². The highest BCUT2D eigenvalue weighted by Crippen LogP contribution is 2.02. The molecule has 2 atom stereocenters. The molecule has 0 aromatic carbocycles. The lowest BCUT2D eigenvalue weighted by Gasteiger charge is -2.22. The monoisotopic (exact) mass is 244 g/mol. The van der Waals surface area contributed by atoms with E-state index in [1.807, 2.05) is 0 Å². The molecule has 0 aliphatic heterocycles. The van der Waals surface area contributed by atoms with Gasteiger partial charge in [0.1, 0.15) is 6.04 Å². The van der Waals surface area contributed by atoms with Crippen molar-refractivity contribution in [2.45, 2.75) is 32.4 Å². The van der Waals surface area contributed by atoms with Crippen LogP contribution in [-0.2, 0) is 14.4 Å². The molecule has 0 fully saturated rings. The summed E-state index contributed by atoms with van der Waals surface area (Å²) in [6.45, 7) is 3.58. The normalized spacial score (nSPS) is 13.9. The van der Waals surface area contributed by atoms with Crippen molar-refractivity contribution >= 4 is 17.7 Å². The summed E-state index contributed by atoms with van der Waals surface area (Å²) < 4.78 is 0. The van der Waals surface area contributed by atoms with E-state index in [9.17, 15) is 14.4 Å². The van der Waals surface area contributed by atoms with Gasteiger partial charge in [-0.3, -0.25) is 14.4 Å². The Morgan fingerprint density at radius 1 is 1.18 bits per heavy atom. The lowest BCUT2D eigenvalue weighted by molar-refractivity contribution is -0.131. The van der Waals surface area contributed by atoms with E-state index in [0.717, 1.165) is 0 Å². The number of hydrogen-bond acceptors (Lipinski definition) is 4. The smallest absolute Gasteiger partial charge is 0.242 e. The van der Waals surface area contributed by atoms with Gasteiger partial charge in [-0.2, -0.15) is 0 Å². The van der Waals surface area contributed by atoms with E-state index in [-0.39, 0.29) is 18.2 Å². The Morgan fingerprint density at radius 2 is 1.71 bits per heavy atom. The van der Waals surface area contributed by atoms with Crippen molar-refractivity contribution in [3.05, 3.63) is 0 Å². The Hall–Kier alpha value is -1.63. The fourth-order valence-corrected chi connectivity index (χ4v) is 1.26. The predicted molar refractivity (Wildman–Crippen MR) is 62.6 cm³/mol. The zero-order valence-corrected chi connectivity index (χ0v) is 10.3. The topological polar surface area (TPSA) is 127 Å². The van der Waals surface area contributed by atoms with Gasteiger partial charge in [0.25, 0.3) is 0 Å². The number of rotatable bonds is 6. The van der Waals surface area contributed by atoms with Crippen LogP contribution in [0.3, 0.4) is 0 Å². The van der Waals surface area contributed by atoms with Crippen LogP contribution >= 0.6 is 0 Å². The number of nitrogens with one attached hydrogen (secondary N) is 2. The summed E-state index contributed by atoms with van der Waals surface area (Å²) in [6, 6.07) is -1.70. The van der Waals surface area contributed by atoms with Crippen LogP contribution in [-0.4, -0.2) is 36.9 Å². The average molecular weight is 244 g/mol. The molecule has 17 heavy (non-hydrogen) atoms. The highest BCUT2D eigenvalue weighted by molar-refractivity contribution is 5.92. The summed E-state index contributed by atoms with van der Waals surface area (Å²) in [7, 11) is 1.48. The van der Waals surface area contributed by atoms with Gasteiger partial charge < -0.3 is 22.1 Å². The average Bonchev–Trinajstić information content (AvgIpc) is 2.22. The molecule has 0 aliphatic rings. The number of hydrogen-bond donors (Lipinski definition) is 4. The highest BCUT2D eigenvalue weighted by atomic mass is 16.2. The first-order chi connectivity index (χ1) is 7.79. The molecule has 0 aromatic heterocycles. The minimum absolute atomic E-state index is 0.0836. The van der Waals surface area contributed by atoms with Gasteiger partial charge in [0.15, 0.2) is 0 Å². The molecule has 6 N–H and O–H groups in total. The van der Waals surface area contributed by atoms with E-state index < -0.39 is 23.9 Å². The van der Waals surface area contributed by atoms with Crippen molar-refractivity contribution in [3.63, 3.8) is 0 Å². The number of likely N-dealkylation sites (N-methyl/N-ethyl adjacent to an activating group) is 1. The number of primary amides is 1. The molecule has 0 bridgehead atoms. The van der Waals surface area contributed by atoms with Crippen molar-refractivity contribution in [1.29, 1.82) is 0 Å². The summed E-state index contributed by atoms with van der Waals surface area (Å²) in [5, 5.41) is 4.93. The molecule has 0 radical (unpaired) electrons. The predicted octanol–water partition coefficient (Wildman–Crippen LogP) is -1.92. The number of carbonyl (C=O) groups excluding carboxylic acids is 3. The second-order valence-electron chi connectivity index (χ2n) is 4.12. The molecule has 0 saturated heterocycles. The van der Waals surface area contributed by atoms with Gasteiger partial charge >= 0.3 is 0 Å². The fourth-order valence-electron chi connectivity index (χ4n) is 1.26. The summed E-state index contributed by atoms with van der Waals surface area (Å²) in [4.78, 5) is 33.7. The van der Waals surface area contributed by atoms with Crippen molar-refractivity contribution in [2.75, 3.05) is 7.05 Å². The Kier molecular flexibility index (Phi) is 6.19. The molecule has 98 valence electrons. The Labute approximate surface area is 100 Å². The van der Waals surface area contributed by atoms with Gasteiger partial charge in [-0.05, 0) is 5.92 Å². The molecule has 2 unspecified atom stereocenters. The van der Waals surface area contributed by atoms with E-state index in [0.29, 0.717) is 0 Å². The Balaban J connectivity index is 4.50. The van der Waals surface area contributed by atoms with Crippen LogP contribution < -0.4 is 22.1 Å². The lowest BCUT2D eigenvalue weighted by Crippen LogP contribution is -2.53. The molecule has 0 aliphatic carbocycles. The quantitative estimate of drug-likeness (QED) is 0.434. The minimum Gasteiger partial charge on any atom is -0.370 e. The first kappa shape index (κ1) is 15.4. The summed E-state index contributed by atoms with van der Waals surface area (Å²) in [5.41, 5.74) is 10.4. The van der Waals surface area contributed by atoms with Crippen LogP contribution in [0.2, 0.25) is 0 Å². The van der Waals surface area contributed by atoms with E-state index in [1.165, 1.54) is 7.05 Å². The van der Waals surface area contributed by atoms with Crippen LogP contribution in [0.5, 0.6) is 0 Å². The van der Waals surface area contributed by atoms with Gasteiger partial charge in [-0.25, -0.2) is 0 Å². The molecular weight excluding hydrogens is 224 g/mol. The number of carbonyl (C=O) groups is 3. The van der Waals surface area contributed by atoms with Crippen LogP contribution in [0.15, 0.2) is 0 Å². The van der Waals surface area contributed by atoms with Crippen molar-refractivity contribution in [2.24, 2.45) is 17.4 Å². The molecule has 7 nitrogen and oxygen atoms in total. The van der Waals surface area contributed by atoms with Crippen LogP contribution in [0.4, 0.5) is 0 Å². The Bertz CT molecular complexity index is 304. The van der Waals surface area contributed by atoms with Gasteiger partial charge in [0, 0.05) is 7.05 Å². The molecule has 0 rings (SSSR count). The van der Waals surface area contributed by atoms with Crippen LogP contribution in [0.1, 0.15) is 20.3 Å². The van der Waals surface area contributed by atoms with Gasteiger partial charge in [-0.15, -0.1) is 0 Å². The number of nitrogens with two attached hydrogens (primary N) is 2. The van der Waals surface area contributed by atoms with Crippen molar-refractivity contribution in [3.8, 4) is 0 Å². The maximum Gasteiger partial charge on any atom is 0.242 e. The van der Waals surface area contributed by atoms with E-state index >= 15 is 0 Å². The number of amides is 3. The molecule has 3 amide bonds. The third-order valence-corrected chi connectivity index (χ3v) is 2.25. The first-order valence-electron chi connectivity index (χ1n) is 5.35. The first-order valence-corrected chi connectivity index (χ1v) is 5.35. The molecule has 0 spiro atoms. The largest absolute Gasteiger partial charge is 0.370 e. The van der Waals surface area contributed by atoms with Crippen LogP contribution in [0.25, 0.3) is 0 Å². The molecule has 0 saturated carbocycles. The SMILES string of the molecule is CNC(=O)C(NC(=O)C(N)CC(N)=O)C(C)C. The van der Waals surface area contributed by atoms with Crippen LogP contribution in [0, 0.1) is 5.92 Å². The van der Waals surface area contributed by atoms with Crippen molar-refractivity contribution in [1.82, 2.24) is 10.6 Å². The van der Waals surface area contributed by atoms with E-state index in [4.69, 9.17) is 11.5 Å². The molecular formula is C10H20N4O3. The lowest BCUT2D eigenvalue weighted by atomic mass is 10.0. The molecule has 0 heterocycles. The summed E-state index contributed by atoms with van der Waals surface area (Å²) in [6.07, 6.45) is -0.246. The van der Waals surface area contributed by atoms with E-state index in [2.05, 4.69) is 10.6 Å². The second kappa shape index (κ2) is 6.85. The highest BCUT2D eigenvalue weighted by Gasteiger charge is 2.26. The molecule has 0 aromatic rings. The Morgan fingerprint density at radius 3 is 2.06 bits per heavy atom. The minimum atomic E-state index is -1.03. The van der Waals surface area contributed by atoms with E-state index in [1.54, 1.807) is 13.8 Å². The maximum atomic E-state index is 11.6. The third-order valence-electron chi connectivity index (χ3n) is 2.25. The summed E-state index contributed by atoms with van der Waals surface area (Å²) in [5.74, 6) is -1.61. The van der Waals surface area contributed by atoms with Gasteiger partial charge in [0.2, 0.25) is 17.7 Å². The zero-order chi connectivity index (χ0) is 13.6.